The normalized spacial score (nSPS) is 32.7. The molecule has 2 amide bonds. The van der Waals surface area contributed by atoms with Crippen LogP contribution in [-0.4, -0.2) is 45.4 Å². The summed E-state index contributed by atoms with van der Waals surface area (Å²) >= 11 is 0. The molecule has 4 N–H and O–H groups in total. The quantitative estimate of drug-likeness (QED) is 0.333. The number of aliphatic hydroxyl groups excluding tert-OH is 3. The third-order valence-electron chi connectivity index (χ3n) is 1.29. The van der Waals surface area contributed by atoms with Crippen LogP contribution in [0.3, 0.4) is 0 Å². The highest BCUT2D eigenvalue weighted by molar-refractivity contribution is 5.76. The number of aliphatic hydroxyl groups is 3. The molecule has 0 aliphatic carbocycles. The van der Waals surface area contributed by atoms with Gasteiger partial charge in [0, 0.05) is 0 Å². The summed E-state index contributed by atoms with van der Waals surface area (Å²) in [5, 5.41) is 28.0. The van der Waals surface area contributed by atoms with E-state index in [1.165, 1.54) is 0 Å². The van der Waals surface area contributed by atoms with Crippen LogP contribution in [0.1, 0.15) is 0 Å². The molecule has 1 aliphatic heterocycles. The maximum absolute atomic E-state index is 10.6. The second-order valence-electron chi connectivity index (χ2n) is 1.92. The van der Waals surface area contributed by atoms with Gasteiger partial charge in [-0.2, -0.15) is 0 Å². The molecule has 2 unspecified atom stereocenters. The van der Waals surface area contributed by atoms with Crippen LogP contribution in [0.2, 0.25) is 0 Å². The van der Waals surface area contributed by atoms with Crippen molar-refractivity contribution in [2.24, 2.45) is 0 Å². The van der Waals surface area contributed by atoms with Crippen LogP contribution in [0, 0.1) is 0 Å². The monoisotopic (exact) mass is 148 g/mol. The fourth-order valence-corrected chi connectivity index (χ4v) is 0.722. The third-order valence-corrected chi connectivity index (χ3v) is 1.29. The Balaban J connectivity index is 2.64. The van der Waals surface area contributed by atoms with Crippen molar-refractivity contribution in [3.8, 4) is 0 Å². The number of urea groups is 1. The van der Waals surface area contributed by atoms with Gasteiger partial charge in [0.1, 0.15) is 6.73 Å². The third kappa shape index (κ3) is 0.919. The zero-order chi connectivity index (χ0) is 7.72. The number of hydrogen-bond donors (Lipinski definition) is 4. The molecule has 0 radical (unpaired) electrons. The summed E-state index contributed by atoms with van der Waals surface area (Å²) in [6.45, 7) is -0.607. The molecule has 0 saturated carbocycles. The first-order valence-electron chi connectivity index (χ1n) is 2.71. The molecule has 1 rings (SSSR count). The molecule has 1 fully saturated rings. The molecule has 58 valence electrons. The van der Waals surface area contributed by atoms with Crippen LogP contribution in [0.15, 0.2) is 0 Å². The van der Waals surface area contributed by atoms with Gasteiger partial charge in [0.25, 0.3) is 0 Å². The lowest BCUT2D eigenvalue weighted by atomic mass is 10.5. The lowest BCUT2D eigenvalue weighted by molar-refractivity contribution is -0.0579. The summed E-state index contributed by atoms with van der Waals surface area (Å²) in [7, 11) is 0. The lowest BCUT2D eigenvalue weighted by Crippen LogP contribution is -2.36. The van der Waals surface area contributed by atoms with Crippen molar-refractivity contribution >= 4 is 6.03 Å². The van der Waals surface area contributed by atoms with E-state index in [4.69, 9.17) is 15.3 Å². The molecule has 0 aromatic rings. The first-order valence-corrected chi connectivity index (χ1v) is 2.71. The van der Waals surface area contributed by atoms with E-state index in [-0.39, 0.29) is 0 Å². The van der Waals surface area contributed by atoms with Crippen molar-refractivity contribution in [2.75, 3.05) is 6.73 Å². The van der Waals surface area contributed by atoms with Gasteiger partial charge >= 0.3 is 6.03 Å². The van der Waals surface area contributed by atoms with Crippen molar-refractivity contribution in [1.82, 2.24) is 10.2 Å². The number of amides is 2. The van der Waals surface area contributed by atoms with Gasteiger partial charge in [-0.25, -0.2) is 4.79 Å². The van der Waals surface area contributed by atoms with Crippen molar-refractivity contribution in [3.05, 3.63) is 0 Å². The average molecular weight is 148 g/mol. The van der Waals surface area contributed by atoms with E-state index < -0.39 is 25.2 Å². The molecule has 1 aliphatic rings. The zero-order valence-electron chi connectivity index (χ0n) is 5.06. The smallest absolute Gasteiger partial charge is 0.323 e. The average Bonchev–Trinajstić information content (AvgIpc) is 2.09. The largest absolute Gasteiger partial charge is 0.376 e. The Labute approximate surface area is 56.7 Å². The van der Waals surface area contributed by atoms with E-state index in [1.54, 1.807) is 0 Å². The number of carbonyl (C=O) groups is 1. The topological polar surface area (TPSA) is 93.0 Å². The zero-order valence-corrected chi connectivity index (χ0v) is 5.06. The van der Waals surface area contributed by atoms with E-state index in [1.807, 2.05) is 5.32 Å². The van der Waals surface area contributed by atoms with E-state index in [9.17, 15) is 4.79 Å². The molecule has 0 spiro atoms. The molecule has 6 heteroatoms. The summed E-state index contributed by atoms with van der Waals surface area (Å²) in [4.78, 5) is 11.3. The molecule has 0 aromatic heterocycles. The van der Waals surface area contributed by atoms with Crippen LogP contribution in [-0.2, 0) is 0 Å². The Morgan fingerprint density at radius 2 is 2.20 bits per heavy atom. The van der Waals surface area contributed by atoms with E-state index >= 15 is 0 Å². The number of nitrogens with one attached hydrogen (secondary N) is 1. The summed E-state index contributed by atoms with van der Waals surface area (Å²) < 4.78 is 0. The van der Waals surface area contributed by atoms with Crippen molar-refractivity contribution < 1.29 is 20.1 Å². The summed E-state index contributed by atoms with van der Waals surface area (Å²) in [6.07, 6.45) is -2.66. The molecule has 6 nitrogen and oxygen atoms in total. The fraction of sp³-hybridized carbons (Fsp3) is 0.750. The van der Waals surface area contributed by atoms with Gasteiger partial charge in [-0.05, 0) is 0 Å². The Hall–Kier alpha value is -0.850. The number of carbonyl (C=O) groups excluding carboxylic acids is 1. The number of hydrogen-bond acceptors (Lipinski definition) is 4. The first-order chi connectivity index (χ1) is 4.66. The van der Waals surface area contributed by atoms with Crippen LogP contribution in [0.25, 0.3) is 0 Å². The summed E-state index contributed by atoms with van der Waals surface area (Å²) in [5.74, 6) is 0. The SMILES string of the molecule is O=C1NC(O)C(O)N1CO. The Bertz CT molecular complexity index is 150. The van der Waals surface area contributed by atoms with Gasteiger partial charge < -0.3 is 20.6 Å². The van der Waals surface area contributed by atoms with E-state index in [0.29, 0.717) is 4.90 Å². The second kappa shape index (κ2) is 2.41. The van der Waals surface area contributed by atoms with Gasteiger partial charge in [-0.1, -0.05) is 0 Å². The minimum absolute atomic E-state index is 0.607. The fourth-order valence-electron chi connectivity index (χ4n) is 0.722. The summed E-state index contributed by atoms with van der Waals surface area (Å²) in [6, 6.07) is -0.678. The van der Waals surface area contributed by atoms with E-state index in [2.05, 4.69) is 0 Å². The highest BCUT2D eigenvalue weighted by Crippen LogP contribution is 2.06. The standard InChI is InChI=1S/C4H8N2O4/c7-1-6-3(9)2(8)5-4(6)10/h2-3,7-9H,1H2,(H,5,10). The Morgan fingerprint density at radius 1 is 1.60 bits per heavy atom. The minimum atomic E-state index is -1.35. The van der Waals surface area contributed by atoms with Gasteiger partial charge in [-0.15, -0.1) is 0 Å². The van der Waals surface area contributed by atoms with Crippen molar-refractivity contribution in [1.29, 1.82) is 0 Å². The molecular weight excluding hydrogens is 140 g/mol. The first kappa shape index (κ1) is 7.26. The van der Waals surface area contributed by atoms with Crippen molar-refractivity contribution in [3.63, 3.8) is 0 Å². The highest BCUT2D eigenvalue weighted by atomic mass is 16.4. The number of rotatable bonds is 1. The highest BCUT2D eigenvalue weighted by Gasteiger charge is 2.35. The van der Waals surface area contributed by atoms with Gasteiger partial charge in [-0.3, -0.25) is 4.90 Å². The molecule has 0 bridgehead atoms. The molecular formula is C4H8N2O4. The maximum atomic E-state index is 10.6. The van der Waals surface area contributed by atoms with Crippen LogP contribution >= 0.6 is 0 Å². The van der Waals surface area contributed by atoms with Crippen LogP contribution in [0.4, 0.5) is 4.79 Å². The number of nitrogens with zero attached hydrogens (tertiary/aromatic N) is 1. The second-order valence-corrected chi connectivity index (χ2v) is 1.92. The predicted octanol–water partition coefficient (Wildman–Crippen LogP) is -2.40. The van der Waals surface area contributed by atoms with Gasteiger partial charge in [0.15, 0.2) is 12.5 Å². The minimum Gasteiger partial charge on any atom is -0.376 e. The Morgan fingerprint density at radius 3 is 2.40 bits per heavy atom. The van der Waals surface area contributed by atoms with Gasteiger partial charge in [0.2, 0.25) is 0 Å². The van der Waals surface area contributed by atoms with E-state index in [0.717, 1.165) is 0 Å². The molecule has 1 heterocycles. The van der Waals surface area contributed by atoms with Gasteiger partial charge in [0.05, 0.1) is 0 Å². The Kier molecular flexibility index (Phi) is 1.75. The lowest BCUT2D eigenvalue weighted by Gasteiger charge is -2.15. The molecule has 1 saturated heterocycles. The van der Waals surface area contributed by atoms with Crippen LogP contribution < -0.4 is 5.32 Å². The summed E-state index contributed by atoms with van der Waals surface area (Å²) in [5.41, 5.74) is 0. The van der Waals surface area contributed by atoms with Crippen molar-refractivity contribution in [2.45, 2.75) is 12.5 Å². The molecule has 0 aromatic carbocycles. The predicted molar refractivity (Wildman–Crippen MR) is 29.5 cm³/mol. The van der Waals surface area contributed by atoms with Crippen LogP contribution in [0.5, 0.6) is 0 Å². The maximum Gasteiger partial charge on any atom is 0.323 e. The molecule has 10 heavy (non-hydrogen) atoms. The molecule has 2 atom stereocenters.